The fourth-order valence-corrected chi connectivity index (χ4v) is 3.04. The number of H-pyrrole nitrogens is 2. The van der Waals surface area contributed by atoms with E-state index in [-0.39, 0.29) is 66.6 Å². The first-order valence-corrected chi connectivity index (χ1v) is 9.84. The summed E-state index contributed by atoms with van der Waals surface area (Å²) in [6, 6.07) is 1.53. The Morgan fingerprint density at radius 2 is 1.51 bits per heavy atom. The average Bonchev–Trinajstić information content (AvgIpc) is 3.39. The number of anilines is 3. The van der Waals surface area contributed by atoms with Gasteiger partial charge in [0.1, 0.15) is 17.1 Å². The Morgan fingerprint density at radius 3 is 2.00 bits per heavy atom. The van der Waals surface area contributed by atoms with Crippen LogP contribution in [0.15, 0.2) is 12.3 Å². The van der Waals surface area contributed by atoms with E-state index in [0.29, 0.717) is 22.5 Å². The summed E-state index contributed by atoms with van der Waals surface area (Å²) >= 11 is 0. The summed E-state index contributed by atoms with van der Waals surface area (Å²) in [5.41, 5.74) is 12.9. The van der Waals surface area contributed by atoms with Crippen molar-refractivity contribution in [3.63, 3.8) is 0 Å². The minimum absolute atomic E-state index is 0. The molecule has 16 heteroatoms. The number of halogens is 2. The molecule has 0 aromatic carbocycles. The van der Waals surface area contributed by atoms with Crippen molar-refractivity contribution in [3.05, 3.63) is 40.5 Å². The van der Waals surface area contributed by atoms with Crippen molar-refractivity contribution in [1.29, 1.82) is 5.41 Å². The number of nitrogens with zero attached hydrogens (tertiary/aromatic N) is 3. The molecule has 0 radical (unpaired) electrons. The Kier molecular flexibility index (Phi) is 9.85. The van der Waals surface area contributed by atoms with Gasteiger partial charge in [0.15, 0.2) is 11.6 Å². The van der Waals surface area contributed by atoms with Gasteiger partial charge in [0.2, 0.25) is 0 Å². The molecule has 14 nitrogen and oxygen atoms in total. The van der Waals surface area contributed by atoms with Gasteiger partial charge in [-0.25, -0.2) is 0 Å². The van der Waals surface area contributed by atoms with Crippen molar-refractivity contribution >= 4 is 65.7 Å². The number of rotatable bonds is 8. The Hall–Kier alpha value is -4.04. The van der Waals surface area contributed by atoms with Crippen molar-refractivity contribution < 1.29 is 14.4 Å². The Balaban J connectivity index is 0.00000306. The fraction of sp³-hybridized carbons (Fsp3) is 0.263. The molecule has 0 spiro atoms. The molecule has 0 unspecified atom stereocenters. The molecule has 3 amide bonds. The molecular formula is C19H27Cl2N11O3. The van der Waals surface area contributed by atoms with E-state index in [2.05, 4.69) is 36.3 Å². The van der Waals surface area contributed by atoms with Crippen molar-refractivity contribution in [2.75, 3.05) is 22.9 Å². The number of nitrogens with one attached hydrogen (secondary N) is 6. The first-order chi connectivity index (χ1) is 15.6. The highest BCUT2D eigenvalue weighted by molar-refractivity contribution is 6.07. The number of aromatic amines is 2. The minimum atomic E-state index is -0.554. The van der Waals surface area contributed by atoms with Crippen LogP contribution in [0.25, 0.3) is 0 Å². The molecule has 0 fully saturated rings. The third-order valence-corrected chi connectivity index (χ3v) is 4.88. The lowest BCUT2D eigenvalue weighted by Crippen LogP contribution is -2.28. The summed E-state index contributed by atoms with van der Waals surface area (Å²) in [4.78, 5) is 37.5. The lowest BCUT2D eigenvalue weighted by Gasteiger charge is -2.05. The van der Waals surface area contributed by atoms with Gasteiger partial charge in [-0.1, -0.05) is 0 Å². The molecule has 0 aliphatic heterocycles. The van der Waals surface area contributed by atoms with Crippen molar-refractivity contribution in [2.45, 2.75) is 20.3 Å². The maximum atomic E-state index is 12.7. The normalized spacial score (nSPS) is 10.0. The third-order valence-electron chi connectivity index (χ3n) is 4.88. The molecule has 10 N–H and O–H groups in total. The minimum Gasteiger partial charge on any atom is -0.397 e. The fourth-order valence-electron chi connectivity index (χ4n) is 3.04. The molecule has 0 aliphatic carbocycles. The highest BCUT2D eigenvalue weighted by atomic mass is 35.5. The lowest BCUT2D eigenvalue weighted by atomic mass is 10.2. The van der Waals surface area contributed by atoms with Crippen LogP contribution in [0.5, 0.6) is 0 Å². The summed E-state index contributed by atoms with van der Waals surface area (Å²) in [5.74, 6) is -1.11. The first-order valence-electron chi connectivity index (χ1n) is 9.84. The number of aromatic nitrogens is 5. The molecule has 3 heterocycles. The number of hydrogen-bond acceptors (Lipinski definition) is 7. The van der Waals surface area contributed by atoms with Crippen LogP contribution in [0.3, 0.4) is 0 Å². The summed E-state index contributed by atoms with van der Waals surface area (Å²) in [5, 5.41) is 28.2. The van der Waals surface area contributed by atoms with Gasteiger partial charge in [0.25, 0.3) is 17.7 Å². The zero-order valence-corrected chi connectivity index (χ0v) is 20.7. The van der Waals surface area contributed by atoms with Gasteiger partial charge < -0.3 is 32.0 Å². The molecular weight excluding hydrogens is 501 g/mol. The van der Waals surface area contributed by atoms with Crippen LogP contribution in [0.2, 0.25) is 0 Å². The second-order valence-corrected chi connectivity index (χ2v) is 7.35. The molecule has 3 aromatic heterocycles. The van der Waals surface area contributed by atoms with Crippen LogP contribution in [-0.2, 0) is 7.05 Å². The van der Waals surface area contributed by atoms with Gasteiger partial charge in [-0.05, 0) is 19.9 Å². The standard InChI is InChI=1S/C19H25N11O3.2ClH/c1-8-13(18(32)23-5-4-12(21)22)26-29-16(8)25-19(33)14-9(2)15(28-27-14)24-17(31)11-6-10(20)7-30(11)3;;/h6-7H,4-5,20H2,1-3H3,(H3,21,22)(H,23,32)(H2,24,27,28,31)(H2,25,26,29,33);2*1H. The number of amidine groups is 1. The van der Waals surface area contributed by atoms with Gasteiger partial charge in [-0.15, -0.1) is 24.8 Å². The number of aryl methyl sites for hydroxylation is 1. The summed E-state index contributed by atoms with van der Waals surface area (Å²) < 4.78 is 1.58. The average molecular weight is 528 g/mol. The topological polar surface area (TPSA) is 225 Å². The summed E-state index contributed by atoms with van der Waals surface area (Å²) in [7, 11) is 1.69. The predicted molar refractivity (Wildman–Crippen MR) is 136 cm³/mol. The second kappa shape index (κ2) is 11.9. The van der Waals surface area contributed by atoms with Gasteiger partial charge in [-0.2, -0.15) is 10.2 Å². The molecule has 190 valence electrons. The highest BCUT2D eigenvalue weighted by Gasteiger charge is 2.22. The van der Waals surface area contributed by atoms with Crippen molar-refractivity contribution in [2.24, 2.45) is 12.8 Å². The monoisotopic (exact) mass is 527 g/mol. The van der Waals surface area contributed by atoms with Crippen LogP contribution in [0.1, 0.15) is 49.0 Å². The Bertz CT molecular complexity index is 1240. The van der Waals surface area contributed by atoms with Crippen molar-refractivity contribution in [3.8, 4) is 0 Å². The highest BCUT2D eigenvalue weighted by Crippen LogP contribution is 2.20. The largest absolute Gasteiger partial charge is 0.397 e. The molecule has 0 bridgehead atoms. The summed E-state index contributed by atoms with van der Waals surface area (Å²) in [6.07, 6.45) is 1.83. The molecule has 3 aromatic rings. The smallest absolute Gasteiger partial charge is 0.275 e. The van der Waals surface area contributed by atoms with Gasteiger partial charge in [0, 0.05) is 37.3 Å². The maximum Gasteiger partial charge on any atom is 0.275 e. The zero-order valence-electron chi connectivity index (χ0n) is 19.1. The van der Waals surface area contributed by atoms with Crippen LogP contribution >= 0.6 is 24.8 Å². The number of carbonyl (C=O) groups is 3. The summed E-state index contributed by atoms with van der Waals surface area (Å²) in [6.45, 7) is 3.44. The van der Waals surface area contributed by atoms with Gasteiger partial charge in [-0.3, -0.25) is 30.0 Å². The van der Waals surface area contributed by atoms with E-state index < -0.39 is 17.7 Å². The lowest BCUT2D eigenvalue weighted by molar-refractivity contribution is 0.0947. The molecule has 3 rings (SSSR count). The quantitative estimate of drug-likeness (QED) is 0.157. The van der Waals surface area contributed by atoms with Crippen molar-refractivity contribution in [1.82, 2.24) is 30.3 Å². The predicted octanol–water partition coefficient (Wildman–Crippen LogP) is 1.07. The Labute approximate surface area is 212 Å². The van der Waals surface area contributed by atoms with E-state index in [9.17, 15) is 14.4 Å². The van der Waals surface area contributed by atoms with Crippen LogP contribution in [0.4, 0.5) is 17.3 Å². The number of nitrogens with two attached hydrogens (primary N) is 2. The molecule has 0 atom stereocenters. The van der Waals surface area contributed by atoms with E-state index in [1.54, 1.807) is 31.7 Å². The number of carbonyl (C=O) groups excluding carboxylic acids is 3. The number of nitrogen functional groups attached to an aromatic ring is 1. The maximum absolute atomic E-state index is 12.7. The van der Waals surface area contributed by atoms with E-state index in [1.165, 1.54) is 6.07 Å². The first kappa shape index (κ1) is 29.0. The van der Waals surface area contributed by atoms with E-state index in [1.807, 2.05) is 0 Å². The van der Waals surface area contributed by atoms with Crippen LogP contribution < -0.4 is 27.4 Å². The van der Waals surface area contributed by atoms with Crippen LogP contribution in [-0.4, -0.2) is 55.1 Å². The van der Waals surface area contributed by atoms with E-state index in [0.717, 1.165) is 0 Å². The van der Waals surface area contributed by atoms with Gasteiger partial charge in [0.05, 0.1) is 11.5 Å². The SMILES string of the molecule is Cc1c(NC(=O)c2[nH]nc(NC(=O)c3cc(N)cn3C)c2C)n[nH]c1C(=O)NCCC(=N)N.Cl.Cl. The second-order valence-electron chi connectivity index (χ2n) is 7.35. The number of amides is 3. The zero-order chi connectivity index (χ0) is 24.3. The number of hydrogen-bond donors (Lipinski definition) is 8. The molecule has 0 aliphatic rings. The molecule has 0 saturated carbocycles. The molecule has 0 saturated heterocycles. The third kappa shape index (κ3) is 6.51. The van der Waals surface area contributed by atoms with Gasteiger partial charge >= 0.3 is 0 Å². The van der Waals surface area contributed by atoms with Crippen LogP contribution in [0, 0.1) is 19.3 Å². The van der Waals surface area contributed by atoms with E-state index in [4.69, 9.17) is 16.9 Å². The Morgan fingerprint density at radius 1 is 1.00 bits per heavy atom. The van der Waals surface area contributed by atoms with E-state index >= 15 is 0 Å². The molecule has 35 heavy (non-hydrogen) atoms.